The Morgan fingerprint density at radius 3 is 2.38 bits per heavy atom. The van der Waals surface area contributed by atoms with E-state index in [0.717, 1.165) is 12.0 Å². The third-order valence-electron chi connectivity index (χ3n) is 4.58. The number of rotatable bonds is 8. The lowest BCUT2D eigenvalue weighted by molar-refractivity contribution is 0.101. The smallest absolute Gasteiger partial charge is 0.163 e. The van der Waals surface area contributed by atoms with Crippen molar-refractivity contribution in [3.63, 3.8) is 0 Å². The topological polar surface area (TPSA) is 81.8 Å². The monoisotopic (exact) mass is 391 g/mol. The first kappa shape index (κ1) is 20.3. The van der Waals surface area contributed by atoms with Crippen LogP contribution in [0, 0.1) is 0 Å². The number of anilines is 1. The Morgan fingerprint density at radius 2 is 1.72 bits per heavy atom. The Balaban J connectivity index is 1.71. The van der Waals surface area contributed by atoms with Crippen molar-refractivity contribution in [1.82, 2.24) is 0 Å². The van der Waals surface area contributed by atoms with Crippen LogP contribution >= 0.6 is 0 Å². The number of nitrogen functional groups attached to an aromatic ring is 1. The molecule has 0 aliphatic heterocycles. The first-order valence-electron chi connectivity index (χ1n) is 9.59. The van der Waals surface area contributed by atoms with Gasteiger partial charge in [0.1, 0.15) is 29.6 Å². The van der Waals surface area contributed by atoms with Crippen LogP contribution in [0.5, 0.6) is 23.0 Å². The van der Waals surface area contributed by atoms with Crippen molar-refractivity contribution in [3.05, 3.63) is 77.4 Å². The highest BCUT2D eigenvalue weighted by Crippen LogP contribution is 2.33. The maximum Gasteiger partial charge on any atom is 0.163 e. The number of hydrogen-bond donors (Lipinski definition) is 2. The highest BCUT2D eigenvalue weighted by atomic mass is 16.5. The standard InChI is InChI=1S/C24H25NO4/c1-3-6-20-22(14-13-19(16(2)26)24(20)27)28-15-17-9-11-18(12-10-17)29-23-8-5-4-7-21(23)25/h4-5,7-14,27H,3,6,15,25H2,1-2H3. The fourth-order valence-corrected chi connectivity index (χ4v) is 3.04. The summed E-state index contributed by atoms with van der Waals surface area (Å²) >= 11 is 0. The van der Waals surface area contributed by atoms with Gasteiger partial charge >= 0.3 is 0 Å². The minimum Gasteiger partial charge on any atom is -0.507 e. The summed E-state index contributed by atoms with van der Waals surface area (Å²) in [4.78, 5) is 11.7. The number of carbonyl (C=O) groups excluding carboxylic acids is 1. The molecule has 29 heavy (non-hydrogen) atoms. The SMILES string of the molecule is CCCc1c(OCc2ccc(Oc3ccccc3N)cc2)ccc(C(C)=O)c1O. The lowest BCUT2D eigenvalue weighted by Gasteiger charge is -2.15. The van der Waals surface area contributed by atoms with Crippen molar-refractivity contribution in [3.8, 4) is 23.0 Å². The summed E-state index contributed by atoms with van der Waals surface area (Å²) in [7, 11) is 0. The molecule has 0 bridgehead atoms. The fourth-order valence-electron chi connectivity index (χ4n) is 3.04. The van der Waals surface area contributed by atoms with Gasteiger partial charge in [-0.2, -0.15) is 0 Å². The number of hydrogen-bond acceptors (Lipinski definition) is 5. The van der Waals surface area contributed by atoms with Crippen molar-refractivity contribution in [2.24, 2.45) is 0 Å². The maximum absolute atomic E-state index is 11.7. The first-order chi connectivity index (χ1) is 14.0. The molecule has 0 saturated carbocycles. The molecule has 0 atom stereocenters. The van der Waals surface area contributed by atoms with Gasteiger partial charge in [0.15, 0.2) is 5.78 Å². The maximum atomic E-state index is 11.7. The normalized spacial score (nSPS) is 10.6. The van der Waals surface area contributed by atoms with Gasteiger partial charge < -0.3 is 20.3 Å². The van der Waals surface area contributed by atoms with Gasteiger partial charge in [-0.1, -0.05) is 37.6 Å². The minimum atomic E-state index is -0.166. The average Bonchev–Trinajstić information content (AvgIpc) is 2.71. The van der Waals surface area contributed by atoms with E-state index in [1.54, 1.807) is 18.2 Å². The Kier molecular flexibility index (Phi) is 6.39. The van der Waals surface area contributed by atoms with Crippen LogP contribution in [0.25, 0.3) is 0 Å². The van der Waals surface area contributed by atoms with E-state index in [-0.39, 0.29) is 11.5 Å². The second-order valence-electron chi connectivity index (χ2n) is 6.82. The van der Waals surface area contributed by atoms with Crippen LogP contribution in [0.1, 0.15) is 41.8 Å². The zero-order valence-corrected chi connectivity index (χ0v) is 16.6. The lowest BCUT2D eigenvalue weighted by atomic mass is 10.0. The number of benzene rings is 3. The van der Waals surface area contributed by atoms with Gasteiger partial charge in [-0.15, -0.1) is 0 Å². The number of phenols is 1. The van der Waals surface area contributed by atoms with Gasteiger partial charge in [-0.05, 0) is 55.3 Å². The van der Waals surface area contributed by atoms with Crippen molar-refractivity contribution < 1.29 is 19.4 Å². The highest BCUT2D eigenvalue weighted by molar-refractivity contribution is 5.97. The summed E-state index contributed by atoms with van der Waals surface area (Å²) < 4.78 is 11.7. The highest BCUT2D eigenvalue weighted by Gasteiger charge is 2.16. The molecule has 3 N–H and O–H groups in total. The third kappa shape index (κ3) is 4.88. The zero-order valence-electron chi connectivity index (χ0n) is 16.6. The molecule has 0 radical (unpaired) electrons. The Hall–Kier alpha value is -3.47. The molecule has 5 heteroatoms. The molecule has 3 rings (SSSR count). The molecule has 150 valence electrons. The number of Topliss-reactive ketones (excluding diaryl/α,β-unsaturated/α-hetero) is 1. The van der Waals surface area contributed by atoms with Crippen LogP contribution in [0.15, 0.2) is 60.7 Å². The van der Waals surface area contributed by atoms with Gasteiger partial charge in [0.2, 0.25) is 0 Å². The minimum absolute atomic E-state index is 0.0149. The van der Waals surface area contributed by atoms with E-state index in [4.69, 9.17) is 15.2 Å². The van der Waals surface area contributed by atoms with Crippen LogP contribution < -0.4 is 15.2 Å². The van der Waals surface area contributed by atoms with Crippen LogP contribution in [0.4, 0.5) is 5.69 Å². The number of ether oxygens (including phenoxy) is 2. The fraction of sp³-hybridized carbons (Fsp3) is 0.208. The molecule has 0 saturated heterocycles. The summed E-state index contributed by atoms with van der Waals surface area (Å²) in [6, 6.07) is 18.2. The van der Waals surface area contributed by atoms with Gasteiger partial charge in [-0.3, -0.25) is 4.79 Å². The number of nitrogens with two attached hydrogens (primary N) is 1. The van der Waals surface area contributed by atoms with Gasteiger partial charge in [-0.25, -0.2) is 0 Å². The molecule has 5 nitrogen and oxygen atoms in total. The van der Waals surface area contributed by atoms with E-state index in [9.17, 15) is 9.90 Å². The van der Waals surface area contributed by atoms with Crippen molar-refractivity contribution in [1.29, 1.82) is 0 Å². The summed E-state index contributed by atoms with van der Waals surface area (Å²) in [5.41, 5.74) is 8.43. The van der Waals surface area contributed by atoms with Crippen LogP contribution in [-0.2, 0) is 13.0 Å². The molecular weight excluding hydrogens is 366 g/mol. The number of ketones is 1. The van der Waals surface area contributed by atoms with E-state index in [0.29, 0.717) is 47.1 Å². The molecule has 0 unspecified atom stereocenters. The molecule has 0 fully saturated rings. The van der Waals surface area contributed by atoms with E-state index in [2.05, 4.69) is 0 Å². The number of aromatic hydroxyl groups is 1. The Morgan fingerprint density at radius 1 is 1.00 bits per heavy atom. The van der Waals surface area contributed by atoms with Crippen LogP contribution in [0.2, 0.25) is 0 Å². The quantitative estimate of drug-likeness (QED) is 0.391. The van der Waals surface area contributed by atoms with Crippen molar-refractivity contribution >= 4 is 11.5 Å². The zero-order chi connectivity index (χ0) is 20.8. The second kappa shape index (κ2) is 9.15. The average molecular weight is 391 g/mol. The number of para-hydroxylation sites is 2. The molecule has 0 heterocycles. The Labute approximate surface area is 170 Å². The second-order valence-corrected chi connectivity index (χ2v) is 6.82. The molecule has 0 aliphatic rings. The number of carbonyl (C=O) groups is 1. The largest absolute Gasteiger partial charge is 0.507 e. The van der Waals surface area contributed by atoms with E-state index < -0.39 is 0 Å². The molecule has 3 aromatic carbocycles. The van der Waals surface area contributed by atoms with Gasteiger partial charge in [0, 0.05) is 5.56 Å². The summed E-state index contributed by atoms with van der Waals surface area (Å²) in [6.45, 7) is 3.79. The molecule has 0 amide bonds. The van der Waals surface area contributed by atoms with E-state index in [1.165, 1.54) is 6.92 Å². The Bertz CT molecular complexity index is 996. The summed E-state index contributed by atoms with van der Waals surface area (Å²) in [6.07, 6.45) is 1.47. The molecular formula is C24H25NO4. The van der Waals surface area contributed by atoms with Crippen LogP contribution in [-0.4, -0.2) is 10.9 Å². The molecule has 3 aromatic rings. The van der Waals surface area contributed by atoms with E-state index in [1.807, 2.05) is 49.4 Å². The number of phenolic OH excluding ortho intramolecular Hbond substituents is 1. The summed E-state index contributed by atoms with van der Waals surface area (Å²) in [5.74, 6) is 1.73. The predicted octanol–water partition coefficient (Wildman–Crippen LogP) is 5.50. The molecule has 0 aromatic heterocycles. The van der Waals surface area contributed by atoms with Crippen LogP contribution in [0.3, 0.4) is 0 Å². The predicted molar refractivity (Wildman–Crippen MR) is 114 cm³/mol. The first-order valence-corrected chi connectivity index (χ1v) is 9.59. The lowest BCUT2D eigenvalue weighted by Crippen LogP contribution is -2.02. The van der Waals surface area contributed by atoms with Gasteiger partial charge in [0.25, 0.3) is 0 Å². The van der Waals surface area contributed by atoms with Gasteiger partial charge in [0.05, 0.1) is 11.3 Å². The summed E-state index contributed by atoms with van der Waals surface area (Å²) in [5, 5.41) is 10.4. The van der Waals surface area contributed by atoms with E-state index >= 15 is 0 Å². The van der Waals surface area contributed by atoms with Crippen molar-refractivity contribution in [2.75, 3.05) is 5.73 Å². The molecule has 0 spiro atoms. The van der Waals surface area contributed by atoms with Crippen molar-refractivity contribution in [2.45, 2.75) is 33.3 Å². The third-order valence-corrected chi connectivity index (χ3v) is 4.58. The molecule has 0 aliphatic carbocycles.